The number of nitrogens with one attached hydrogen (secondary N) is 1. The second kappa shape index (κ2) is 10.7. The number of benzene rings is 2. The van der Waals surface area contributed by atoms with Crippen LogP contribution in [-0.2, 0) is 33.7 Å². The van der Waals surface area contributed by atoms with Crippen molar-refractivity contribution in [2.24, 2.45) is 5.73 Å². The summed E-state index contributed by atoms with van der Waals surface area (Å²) in [6.45, 7) is 0.139. The first kappa shape index (κ1) is 20.1. The maximum atomic E-state index is 12.3. The van der Waals surface area contributed by atoms with Crippen LogP contribution < -0.4 is 11.1 Å². The fourth-order valence-electron chi connectivity index (χ4n) is 2.61. The average Bonchev–Trinajstić information content (AvgIpc) is 2.71. The first-order valence-electron chi connectivity index (χ1n) is 8.77. The molecule has 0 saturated carbocycles. The lowest BCUT2D eigenvalue weighted by atomic mass is 10.0. The summed E-state index contributed by atoms with van der Waals surface area (Å²) in [5.41, 5.74) is 8.53. The van der Waals surface area contributed by atoms with Crippen molar-refractivity contribution in [2.45, 2.75) is 31.8 Å². The van der Waals surface area contributed by atoms with Gasteiger partial charge in [0.2, 0.25) is 5.91 Å². The topological polar surface area (TPSA) is 105 Å². The van der Waals surface area contributed by atoms with Gasteiger partial charge in [0, 0.05) is 19.4 Å². The number of nitrogens with zero attached hydrogens (tertiary/aromatic N) is 1. The third-order valence-corrected chi connectivity index (χ3v) is 4.08. The Balaban J connectivity index is 1.94. The normalized spacial score (nSPS) is 11.3. The highest BCUT2D eigenvalue weighted by molar-refractivity contribution is 5.84. The molecule has 1 atom stereocenters. The van der Waals surface area contributed by atoms with Gasteiger partial charge in [-0.2, -0.15) is 5.26 Å². The number of rotatable bonds is 9. The molecule has 2 aromatic rings. The Labute approximate surface area is 158 Å². The summed E-state index contributed by atoms with van der Waals surface area (Å²) in [6, 6.07) is 18.0. The highest BCUT2D eigenvalue weighted by Crippen LogP contribution is 2.08. The van der Waals surface area contributed by atoms with Crippen LogP contribution in [0.1, 0.15) is 23.1 Å². The lowest BCUT2D eigenvalue weighted by Gasteiger charge is -2.17. The molecule has 0 bridgehead atoms. The van der Waals surface area contributed by atoms with E-state index in [1.54, 1.807) is 6.07 Å². The molecular formula is C21H23N3O3. The first-order valence-corrected chi connectivity index (χ1v) is 8.77. The van der Waals surface area contributed by atoms with E-state index in [0.717, 1.165) is 16.7 Å². The van der Waals surface area contributed by atoms with Crippen LogP contribution in [-0.4, -0.2) is 24.5 Å². The van der Waals surface area contributed by atoms with E-state index in [1.807, 2.05) is 54.6 Å². The number of amides is 1. The molecule has 0 aliphatic carbocycles. The molecule has 27 heavy (non-hydrogen) atoms. The van der Waals surface area contributed by atoms with Gasteiger partial charge in [0.05, 0.1) is 0 Å². The van der Waals surface area contributed by atoms with Gasteiger partial charge in [0.1, 0.15) is 12.1 Å². The van der Waals surface area contributed by atoms with Crippen molar-refractivity contribution in [3.8, 4) is 6.07 Å². The smallest absolute Gasteiger partial charge is 0.330 e. The summed E-state index contributed by atoms with van der Waals surface area (Å²) in [5.74, 6) is -0.853. The Morgan fingerprint density at radius 2 is 1.70 bits per heavy atom. The highest BCUT2D eigenvalue weighted by atomic mass is 16.5. The Morgan fingerprint density at radius 3 is 2.33 bits per heavy atom. The number of nitriles is 1. The molecule has 6 nitrogen and oxygen atoms in total. The standard InChI is InChI=1S/C21H23N3O3/c22-12-13-27-21(26)19(14-17-4-2-1-3-5-17)24-20(25)11-10-16-6-8-18(15-23)9-7-16/h1-9,19H,10-11,13-15,23H2,(H,24,25)/t19-/m0/s1. The van der Waals surface area contributed by atoms with E-state index < -0.39 is 12.0 Å². The Bertz CT molecular complexity index is 783. The van der Waals surface area contributed by atoms with Crippen LogP contribution in [0.4, 0.5) is 0 Å². The van der Waals surface area contributed by atoms with E-state index in [9.17, 15) is 9.59 Å². The van der Waals surface area contributed by atoms with Crippen molar-refractivity contribution in [1.82, 2.24) is 5.32 Å². The van der Waals surface area contributed by atoms with Crippen molar-refractivity contribution in [3.63, 3.8) is 0 Å². The fraction of sp³-hybridized carbons (Fsp3) is 0.286. The van der Waals surface area contributed by atoms with Crippen LogP contribution in [0, 0.1) is 11.3 Å². The van der Waals surface area contributed by atoms with Crippen LogP contribution in [0.2, 0.25) is 0 Å². The van der Waals surface area contributed by atoms with Gasteiger partial charge in [0.15, 0.2) is 6.61 Å². The lowest BCUT2D eigenvalue weighted by molar-refractivity contribution is -0.146. The molecule has 0 aliphatic rings. The zero-order valence-electron chi connectivity index (χ0n) is 15.1. The van der Waals surface area contributed by atoms with Crippen molar-refractivity contribution < 1.29 is 14.3 Å². The monoisotopic (exact) mass is 365 g/mol. The number of carbonyl (C=O) groups excluding carboxylic acids is 2. The van der Waals surface area contributed by atoms with E-state index in [4.69, 9.17) is 15.7 Å². The van der Waals surface area contributed by atoms with Gasteiger partial charge in [-0.25, -0.2) is 4.79 Å². The number of nitrogens with two attached hydrogens (primary N) is 1. The van der Waals surface area contributed by atoms with Gasteiger partial charge in [-0.1, -0.05) is 54.6 Å². The number of aryl methyl sites for hydroxylation is 1. The summed E-state index contributed by atoms with van der Waals surface area (Å²) in [4.78, 5) is 24.5. The van der Waals surface area contributed by atoms with Crippen LogP contribution in [0.5, 0.6) is 0 Å². The molecule has 0 saturated heterocycles. The predicted molar refractivity (Wildman–Crippen MR) is 101 cm³/mol. The Morgan fingerprint density at radius 1 is 1.04 bits per heavy atom. The van der Waals surface area contributed by atoms with Crippen LogP contribution >= 0.6 is 0 Å². The van der Waals surface area contributed by atoms with E-state index in [2.05, 4.69) is 5.32 Å². The summed E-state index contributed by atoms with van der Waals surface area (Å²) in [7, 11) is 0. The molecular weight excluding hydrogens is 342 g/mol. The van der Waals surface area contributed by atoms with Gasteiger partial charge in [-0.05, 0) is 23.1 Å². The Kier molecular flexibility index (Phi) is 8.01. The molecule has 0 fully saturated rings. The zero-order valence-corrected chi connectivity index (χ0v) is 15.1. The molecule has 0 aromatic heterocycles. The quantitative estimate of drug-likeness (QED) is 0.660. The number of esters is 1. The summed E-state index contributed by atoms with van der Waals surface area (Å²) >= 11 is 0. The molecule has 0 spiro atoms. The number of hydrogen-bond acceptors (Lipinski definition) is 5. The van der Waals surface area contributed by atoms with Crippen LogP contribution in [0.25, 0.3) is 0 Å². The van der Waals surface area contributed by atoms with Gasteiger partial charge in [0.25, 0.3) is 0 Å². The molecule has 2 rings (SSSR count). The van der Waals surface area contributed by atoms with Gasteiger partial charge in [-0.3, -0.25) is 4.79 Å². The van der Waals surface area contributed by atoms with E-state index in [-0.39, 0.29) is 18.9 Å². The first-order chi connectivity index (χ1) is 13.1. The van der Waals surface area contributed by atoms with E-state index in [1.165, 1.54) is 0 Å². The minimum atomic E-state index is -0.826. The van der Waals surface area contributed by atoms with Crippen molar-refractivity contribution in [3.05, 3.63) is 71.3 Å². The van der Waals surface area contributed by atoms with Gasteiger partial charge < -0.3 is 15.8 Å². The third-order valence-electron chi connectivity index (χ3n) is 4.08. The number of carbonyl (C=O) groups is 2. The molecule has 0 unspecified atom stereocenters. The summed E-state index contributed by atoms with van der Waals surface area (Å²) in [5, 5.41) is 11.3. The van der Waals surface area contributed by atoms with E-state index in [0.29, 0.717) is 19.4 Å². The molecule has 1 amide bonds. The molecule has 0 aliphatic heterocycles. The second-order valence-corrected chi connectivity index (χ2v) is 6.10. The third kappa shape index (κ3) is 6.92. The van der Waals surface area contributed by atoms with E-state index >= 15 is 0 Å². The molecule has 140 valence electrons. The lowest BCUT2D eigenvalue weighted by Crippen LogP contribution is -2.43. The molecule has 3 N–H and O–H groups in total. The van der Waals surface area contributed by atoms with Gasteiger partial charge in [-0.15, -0.1) is 0 Å². The zero-order chi connectivity index (χ0) is 19.5. The highest BCUT2D eigenvalue weighted by Gasteiger charge is 2.22. The van der Waals surface area contributed by atoms with Crippen molar-refractivity contribution in [1.29, 1.82) is 5.26 Å². The summed E-state index contributed by atoms with van der Waals surface area (Å²) in [6.07, 6.45) is 1.11. The fourth-order valence-corrected chi connectivity index (χ4v) is 2.61. The number of ether oxygens (including phenoxy) is 1. The minimum absolute atomic E-state index is 0.243. The number of hydrogen-bond donors (Lipinski definition) is 2. The second-order valence-electron chi connectivity index (χ2n) is 6.10. The maximum absolute atomic E-state index is 12.3. The molecule has 2 aromatic carbocycles. The van der Waals surface area contributed by atoms with Crippen molar-refractivity contribution >= 4 is 11.9 Å². The molecule has 6 heteroatoms. The molecule has 0 radical (unpaired) electrons. The van der Waals surface area contributed by atoms with Gasteiger partial charge >= 0.3 is 5.97 Å². The Hall–Kier alpha value is -3.17. The average molecular weight is 365 g/mol. The summed E-state index contributed by atoms with van der Waals surface area (Å²) < 4.78 is 4.89. The minimum Gasteiger partial charge on any atom is -0.449 e. The van der Waals surface area contributed by atoms with Crippen LogP contribution in [0.3, 0.4) is 0 Å². The predicted octanol–water partition coefficient (Wildman–Crippen LogP) is 1.87. The SMILES string of the molecule is N#CCOC(=O)[C@H](Cc1ccccc1)NC(=O)CCc1ccc(CN)cc1. The molecule has 0 heterocycles. The van der Waals surface area contributed by atoms with Crippen LogP contribution in [0.15, 0.2) is 54.6 Å². The maximum Gasteiger partial charge on any atom is 0.330 e. The van der Waals surface area contributed by atoms with Crippen molar-refractivity contribution in [2.75, 3.05) is 6.61 Å². The largest absolute Gasteiger partial charge is 0.449 e.